The van der Waals surface area contributed by atoms with Crippen LogP contribution in [-0.2, 0) is 24.2 Å². The van der Waals surface area contributed by atoms with Crippen LogP contribution in [0.3, 0.4) is 0 Å². The van der Waals surface area contributed by atoms with Crippen LogP contribution in [0.4, 0.5) is 0 Å². The third-order valence-corrected chi connectivity index (χ3v) is 4.13. The Labute approximate surface area is 146 Å². The third-order valence-electron chi connectivity index (χ3n) is 4.13. The van der Waals surface area contributed by atoms with Gasteiger partial charge < -0.3 is 15.4 Å². The number of nitrogens with zero attached hydrogens (tertiary/aromatic N) is 2. The lowest BCUT2D eigenvalue weighted by Gasteiger charge is -2.10. The van der Waals surface area contributed by atoms with Gasteiger partial charge in [0.25, 0.3) is 0 Å². The Morgan fingerprint density at radius 3 is 2.60 bits per heavy atom. The number of hydrogen-bond acceptors (Lipinski definition) is 3. The van der Waals surface area contributed by atoms with Crippen LogP contribution >= 0.6 is 0 Å². The third kappa shape index (κ3) is 4.26. The van der Waals surface area contributed by atoms with Gasteiger partial charge in [-0.25, -0.2) is 4.98 Å². The van der Waals surface area contributed by atoms with E-state index in [1.54, 1.807) is 24.5 Å². The first-order valence-electron chi connectivity index (χ1n) is 8.16. The molecule has 0 atom stereocenters. The first kappa shape index (κ1) is 16.8. The summed E-state index contributed by atoms with van der Waals surface area (Å²) in [5, 5.41) is 9.63. The van der Waals surface area contributed by atoms with Crippen LogP contribution in [0.15, 0.2) is 54.9 Å². The normalized spacial score (nSPS) is 10.8. The average Bonchev–Trinajstić information content (AvgIpc) is 2.91. The number of nitrogens with two attached hydrogens (primary N) is 1. The molecule has 0 aliphatic heterocycles. The van der Waals surface area contributed by atoms with Gasteiger partial charge >= 0.3 is 0 Å². The molecule has 25 heavy (non-hydrogen) atoms. The lowest BCUT2D eigenvalue weighted by atomic mass is 10.1. The molecule has 2 aromatic carbocycles. The molecule has 5 nitrogen and oxygen atoms in total. The van der Waals surface area contributed by atoms with Crippen LogP contribution < -0.4 is 5.73 Å². The van der Waals surface area contributed by atoms with Crippen molar-refractivity contribution in [3.05, 3.63) is 82.9 Å². The predicted molar refractivity (Wildman–Crippen MR) is 96.3 cm³/mol. The average molecular weight is 335 g/mol. The Hall–Kier alpha value is -3.08. The minimum Gasteiger partial charge on any atom is -0.508 e. The number of phenolic OH excluding ortho intramolecular Hbond substituents is 1. The number of amides is 1. The van der Waals surface area contributed by atoms with Crippen molar-refractivity contribution < 1.29 is 9.90 Å². The maximum Gasteiger partial charge on any atom is 0.223 e. The van der Waals surface area contributed by atoms with Gasteiger partial charge in [0, 0.05) is 13.0 Å². The fraction of sp³-hybridized carbons (Fsp3) is 0.200. The van der Waals surface area contributed by atoms with Crippen molar-refractivity contribution in [3.8, 4) is 5.75 Å². The number of aromatic hydroxyl groups is 1. The highest BCUT2D eigenvalue weighted by atomic mass is 16.3. The molecule has 0 fully saturated rings. The number of benzene rings is 2. The standard InChI is InChI=1S/C20H21N3O2/c1-14-5-7-15(8-6-14)10-18-19(11-20(21)25)23(13-22-18)12-16-3-2-4-17(24)9-16/h2-9,13,24H,10-12H2,1H3,(H2,21,25). The molecule has 1 amide bonds. The van der Waals surface area contributed by atoms with Gasteiger partial charge in [0.15, 0.2) is 0 Å². The molecule has 1 aromatic heterocycles. The molecule has 0 spiro atoms. The lowest BCUT2D eigenvalue weighted by molar-refractivity contribution is -0.117. The molecule has 0 unspecified atom stereocenters. The Bertz CT molecular complexity index is 882. The second-order valence-electron chi connectivity index (χ2n) is 6.24. The molecule has 0 radical (unpaired) electrons. The molecule has 3 N–H and O–H groups in total. The number of aromatic nitrogens is 2. The molecule has 3 aromatic rings. The van der Waals surface area contributed by atoms with Crippen molar-refractivity contribution in [1.82, 2.24) is 9.55 Å². The van der Waals surface area contributed by atoms with Crippen molar-refractivity contribution in [2.24, 2.45) is 5.73 Å². The molecule has 0 aliphatic rings. The summed E-state index contributed by atoms with van der Waals surface area (Å²) in [7, 11) is 0. The van der Waals surface area contributed by atoms with Gasteiger partial charge in [-0.05, 0) is 30.2 Å². The molecule has 3 rings (SSSR count). The smallest absolute Gasteiger partial charge is 0.223 e. The number of imidazole rings is 1. The van der Waals surface area contributed by atoms with Crippen molar-refractivity contribution in [1.29, 1.82) is 0 Å². The summed E-state index contributed by atoms with van der Waals surface area (Å²) in [5.74, 6) is -0.170. The van der Waals surface area contributed by atoms with Crippen LogP contribution in [-0.4, -0.2) is 20.6 Å². The van der Waals surface area contributed by atoms with Crippen LogP contribution in [0.1, 0.15) is 28.1 Å². The highest BCUT2D eigenvalue weighted by Gasteiger charge is 2.14. The van der Waals surface area contributed by atoms with E-state index in [0.29, 0.717) is 13.0 Å². The highest BCUT2D eigenvalue weighted by molar-refractivity contribution is 5.76. The summed E-state index contributed by atoms with van der Waals surface area (Å²) in [6, 6.07) is 15.3. The summed E-state index contributed by atoms with van der Waals surface area (Å²) >= 11 is 0. The number of carbonyl (C=O) groups excluding carboxylic acids is 1. The monoisotopic (exact) mass is 335 g/mol. The number of aryl methyl sites for hydroxylation is 1. The molecule has 0 aliphatic carbocycles. The Balaban J connectivity index is 1.89. The fourth-order valence-electron chi connectivity index (χ4n) is 2.85. The van der Waals surface area contributed by atoms with E-state index in [4.69, 9.17) is 5.73 Å². The van der Waals surface area contributed by atoms with Crippen LogP contribution in [0, 0.1) is 6.92 Å². The van der Waals surface area contributed by atoms with E-state index >= 15 is 0 Å². The van der Waals surface area contributed by atoms with Gasteiger partial charge in [0.05, 0.1) is 24.1 Å². The van der Waals surface area contributed by atoms with E-state index < -0.39 is 0 Å². The Morgan fingerprint density at radius 1 is 1.16 bits per heavy atom. The van der Waals surface area contributed by atoms with Crippen LogP contribution in [0.5, 0.6) is 5.75 Å². The summed E-state index contributed by atoms with van der Waals surface area (Å²) in [4.78, 5) is 16.0. The van der Waals surface area contributed by atoms with Gasteiger partial charge in [-0.15, -0.1) is 0 Å². The molecule has 5 heteroatoms. The Morgan fingerprint density at radius 2 is 1.92 bits per heavy atom. The highest BCUT2D eigenvalue weighted by Crippen LogP contribution is 2.18. The van der Waals surface area contributed by atoms with E-state index in [-0.39, 0.29) is 18.1 Å². The molecular weight excluding hydrogens is 314 g/mol. The molecule has 128 valence electrons. The summed E-state index contributed by atoms with van der Waals surface area (Å²) < 4.78 is 1.92. The van der Waals surface area contributed by atoms with E-state index in [9.17, 15) is 9.90 Å². The predicted octanol–water partition coefficient (Wildman–Crippen LogP) is 2.56. The second-order valence-corrected chi connectivity index (χ2v) is 6.24. The van der Waals surface area contributed by atoms with E-state index in [1.165, 1.54) is 5.56 Å². The minimum absolute atomic E-state index is 0.139. The number of hydrogen-bond donors (Lipinski definition) is 2. The topological polar surface area (TPSA) is 81.1 Å². The molecule has 0 saturated carbocycles. The quantitative estimate of drug-likeness (QED) is 0.726. The summed E-state index contributed by atoms with van der Waals surface area (Å²) in [5.41, 5.74) is 10.4. The van der Waals surface area contributed by atoms with Gasteiger partial charge in [0.2, 0.25) is 5.91 Å². The zero-order valence-corrected chi connectivity index (χ0v) is 14.1. The lowest BCUT2D eigenvalue weighted by Crippen LogP contribution is -2.18. The van der Waals surface area contributed by atoms with E-state index in [1.807, 2.05) is 17.6 Å². The largest absolute Gasteiger partial charge is 0.508 e. The second kappa shape index (κ2) is 7.21. The summed E-state index contributed by atoms with van der Waals surface area (Å²) in [6.07, 6.45) is 2.52. The first-order chi connectivity index (χ1) is 12.0. The van der Waals surface area contributed by atoms with Crippen LogP contribution in [0.2, 0.25) is 0 Å². The SMILES string of the molecule is Cc1ccc(Cc2ncn(Cc3cccc(O)c3)c2CC(N)=O)cc1. The Kier molecular flexibility index (Phi) is 4.84. The molecule has 0 saturated heterocycles. The molecule has 0 bridgehead atoms. The van der Waals surface area contributed by atoms with Crippen molar-refractivity contribution in [3.63, 3.8) is 0 Å². The van der Waals surface area contributed by atoms with Gasteiger partial charge in [-0.1, -0.05) is 42.0 Å². The maximum atomic E-state index is 11.5. The van der Waals surface area contributed by atoms with E-state index in [0.717, 1.165) is 22.5 Å². The number of carbonyl (C=O) groups is 1. The van der Waals surface area contributed by atoms with Crippen molar-refractivity contribution >= 4 is 5.91 Å². The molecular formula is C20H21N3O2. The zero-order chi connectivity index (χ0) is 17.8. The number of phenols is 1. The first-order valence-corrected chi connectivity index (χ1v) is 8.16. The zero-order valence-electron chi connectivity index (χ0n) is 14.1. The molecule has 1 heterocycles. The van der Waals surface area contributed by atoms with Crippen molar-refractivity contribution in [2.75, 3.05) is 0 Å². The fourth-order valence-corrected chi connectivity index (χ4v) is 2.85. The number of rotatable bonds is 6. The minimum atomic E-state index is -0.386. The summed E-state index contributed by atoms with van der Waals surface area (Å²) in [6.45, 7) is 2.57. The van der Waals surface area contributed by atoms with Crippen LogP contribution in [0.25, 0.3) is 0 Å². The maximum absolute atomic E-state index is 11.5. The van der Waals surface area contributed by atoms with Gasteiger partial charge in [-0.2, -0.15) is 0 Å². The van der Waals surface area contributed by atoms with Crippen molar-refractivity contribution in [2.45, 2.75) is 26.3 Å². The van der Waals surface area contributed by atoms with Gasteiger partial charge in [0.1, 0.15) is 5.75 Å². The van der Waals surface area contributed by atoms with E-state index in [2.05, 4.69) is 29.2 Å². The number of primary amides is 1. The van der Waals surface area contributed by atoms with Gasteiger partial charge in [-0.3, -0.25) is 4.79 Å².